The zero-order chi connectivity index (χ0) is 26.6. The molecule has 1 aromatic heterocycles. The maximum absolute atomic E-state index is 13.5. The lowest BCUT2D eigenvalue weighted by Gasteiger charge is -2.23. The number of nitrogens with one attached hydrogen (secondary N) is 1. The first kappa shape index (κ1) is 26.1. The molecule has 4 aromatic rings. The molecule has 1 amide bonds. The summed E-state index contributed by atoms with van der Waals surface area (Å²) in [6, 6.07) is 21.9. The number of rotatable bonds is 8. The number of aryl methyl sites for hydroxylation is 1. The van der Waals surface area contributed by atoms with Crippen molar-refractivity contribution < 1.29 is 17.6 Å². The van der Waals surface area contributed by atoms with Gasteiger partial charge in [-0.3, -0.25) is 9.10 Å². The van der Waals surface area contributed by atoms with Gasteiger partial charge in [0.15, 0.2) is 0 Å². The minimum absolute atomic E-state index is 0.00488. The van der Waals surface area contributed by atoms with Crippen LogP contribution in [-0.2, 0) is 14.8 Å². The largest absolute Gasteiger partial charge is 0.318 e. The second-order valence-electron chi connectivity index (χ2n) is 8.23. The monoisotopic (exact) mass is 538 g/mol. The number of carbonyl (C=O) groups excluding carboxylic acids is 1. The van der Waals surface area contributed by atoms with Crippen LogP contribution < -0.4 is 9.73 Å². The fourth-order valence-corrected chi connectivity index (χ4v) is 5.46. The van der Waals surface area contributed by atoms with E-state index in [0.29, 0.717) is 5.02 Å². The van der Waals surface area contributed by atoms with Gasteiger partial charge in [0.05, 0.1) is 16.8 Å². The Morgan fingerprint density at radius 3 is 2.32 bits per heavy atom. The van der Waals surface area contributed by atoms with Crippen LogP contribution in [0.5, 0.6) is 0 Å². The van der Waals surface area contributed by atoms with Crippen LogP contribution in [0.2, 0.25) is 5.02 Å². The molecule has 190 valence electrons. The predicted molar refractivity (Wildman–Crippen MR) is 143 cm³/mol. The molecule has 0 spiro atoms. The molecule has 0 aliphatic carbocycles. The van der Waals surface area contributed by atoms with E-state index in [1.54, 1.807) is 30.3 Å². The molecule has 1 N–H and O–H groups in total. The Balaban J connectivity index is 1.53. The first-order chi connectivity index (χ1) is 17.7. The first-order valence-corrected chi connectivity index (χ1v) is 13.1. The maximum Gasteiger partial charge on any atom is 0.264 e. The van der Waals surface area contributed by atoms with Gasteiger partial charge in [-0.05, 0) is 80.6 Å². The molecule has 0 bridgehead atoms. The van der Waals surface area contributed by atoms with E-state index in [1.165, 1.54) is 30.5 Å². The molecule has 0 atom stereocenters. The molecular weight excluding hydrogens is 515 g/mol. The van der Waals surface area contributed by atoms with E-state index in [4.69, 9.17) is 11.6 Å². The van der Waals surface area contributed by atoms with Crippen LogP contribution in [-0.4, -0.2) is 31.7 Å². The van der Waals surface area contributed by atoms with Crippen molar-refractivity contribution in [1.29, 1.82) is 0 Å². The molecule has 0 unspecified atom stereocenters. The summed E-state index contributed by atoms with van der Waals surface area (Å²) in [5.41, 5.74) is 6.12. The zero-order valence-corrected chi connectivity index (χ0v) is 21.7. The number of hydrogen-bond acceptors (Lipinski definition) is 4. The van der Waals surface area contributed by atoms with Crippen molar-refractivity contribution in [1.82, 2.24) is 9.99 Å². The minimum Gasteiger partial charge on any atom is -0.318 e. The standard InChI is InChI=1S/C27H24ClFN4O3S/c1-19-16-21(20(2)33(19)25-12-8-22(28)9-13-25)17-30-31-27(34)18-32(24-14-10-23(29)11-15-24)37(35,36)26-6-4-3-5-7-26/h3-17H,18H2,1-2H3,(H,31,34)/b30-17+. The van der Waals surface area contributed by atoms with Crippen molar-refractivity contribution in [2.75, 3.05) is 10.8 Å². The van der Waals surface area contributed by atoms with Crippen LogP contribution in [0.4, 0.5) is 10.1 Å². The molecule has 0 fully saturated rings. The van der Waals surface area contributed by atoms with Crippen molar-refractivity contribution in [2.24, 2.45) is 5.10 Å². The Labute approximate surface area is 219 Å². The molecule has 0 saturated carbocycles. The number of amides is 1. The molecule has 0 aliphatic heterocycles. The van der Waals surface area contributed by atoms with Crippen LogP contribution in [0.1, 0.15) is 17.0 Å². The van der Waals surface area contributed by atoms with Crippen LogP contribution in [0.3, 0.4) is 0 Å². The average molecular weight is 539 g/mol. The van der Waals surface area contributed by atoms with E-state index in [0.717, 1.165) is 39.1 Å². The number of hydrogen-bond donors (Lipinski definition) is 1. The second kappa shape index (κ2) is 11.0. The van der Waals surface area contributed by atoms with Crippen molar-refractivity contribution in [3.63, 3.8) is 0 Å². The Bertz CT molecular complexity index is 1540. The average Bonchev–Trinajstić information content (AvgIpc) is 3.17. The van der Waals surface area contributed by atoms with Gasteiger partial charge in [-0.15, -0.1) is 0 Å². The van der Waals surface area contributed by atoms with Crippen LogP contribution in [0, 0.1) is 19.7 Å². The molecule has 1 heterocycles. The summed E-state index contributed by atoms with van der Waals surface area (Å²) in [5, 5.41) is 4.68. The number of nitrogens with zero attached hydrogens (tertiary/aromatic N) is 3. The third-order valence-electron chi connectivity index (χ3n) is 5.68. The molecule has 0 saturated heterocycles. The number of sulfonamides is 1. The number of anilines is 1. The number of halogens is 2. The van der Waals surface area contributed by atoms with E-state index in [-0.39, 0.29) is 10.6 Å². The highest BCUT2D eigenvalue weighted by molar-refractivity contribution is 7.92. The first-order valence-electron chi connectivity index (χ1n) is 11.3. The lowest BCUT2D eigenvalue weighted by atomic mass is 10.2. The molecule has 0 aliphatic rings. The van der Waals surface area contributed by atoms with Crippen LogP contribution in [0.25, 0.3) is 5.69 Å². The predicted octanol–water partition coefficient (Wildman–Crippen LogP) is 5.23. The zero-order valence-electron chi connectivity index (χ0n) is 20.1. The summed E-state index contributed by atoms with van der Waals surface area (Å²) in [6.07, 6.45) is 1.50. The molecular formula is C27H24ClFN4O3S. The van der Waals surface area contributed by atoms with Gasteiger partial charge in [-0.2, -0.15) is 5.10 Å². The highest BCUT2D eigenvalue weighted by atomic mass is 35.5. The Morgan fingerprint density at radius 2 is 1.68 bits per heavy atom. The van der Waals surface area contributed by atoms with E-state index in [9.17, 15) is 17.6 Å². The fraction of sp³-hybridized carbons (Fsp3) is 0.111. The molecule has 10 heteroatoms. The number of hydrazone groups is 1. The van der Waals surface area contributed by atoms with Gasteiger partial charge in [-0.25, -0.2) is 18.2 Å². The second-order valence-corrected chi connectivity index (χ2v) is 10.5. The normalized spacial score (nSPS) is 11.6. The number of benzene rings is 3. The van der Waals surface area contributed by atoms with Gasteiger partial charge < -0.3 is 4.57 Å². The highest BCUT2D eigenvalue weighted by Gasteiger charge is 2.27. The fourth-order valence-electron chi connectivity index (χ4n) is 3.89. The summed E-state index contributed by atoms with van der Waals surface area (Å²) in [5.74, 6) is -1.18. The summed E-state index contributed by atoms with van der Waals surface area (Å²) in [4.78, 5) is 12.8. The molecule has 7 nitrogen and oxygen atoms in total. The minimum atomic E-state index is -4.10. The Morgan fingerprint density at radius 1 is 1.03 bits per heavy atom. The van der Waals surface area contributed by atoms with Gasteiger partial charge in [0.25, 0.3) is 15.9 Å². The van der Waals surface area contributed by atoms with Gasteiger partial charge in [0.1, 0.15) is 12.4 Å². The third kappa shape index (κ3) is 5.90. The SMILES string of the molecule is Cc1cc(/C=N/NC(=O)CN(c2ccc(F)cc2)S(=O)(=O)c2ccccc2)c(C)n1-c1ccc(Cl)cc1. The summed E-state index contributed by atoms with van der Waals surface area (Å²) in [7, 11) is -4.10. The molecule has 37 heavy (non-hydrogen) atoms. The highest BCUT2D eigenvalue weighted by Crippen LogP contribution is 2.24. The van der Waals surface area contributed by atoms with Crippen molar-refractivity contribution in [2.45, 2.75) is 18.7 Å². The quantitative estimate of drug-likeness (QED) is 0.246. The van der Waals surface area contributed by atoms with Crippen LogP contribution in [0.15, 0.2) is 94.9 Å². The molecule has 3 aromatic carbocycles. The lowest BCUT2D eigenvalue weighted by molar-refractivity contribution is -0.119. The van der Waals surface area contributed by atoms with E-state index >= 15 is 0 Å². The summed E-state index contributed by atoms with van der Waals surface area (Å²) < 4.78 is 43.0. The summed E-state index contributed by atoms with van der Waals surface area (Å²) in [6.45, 7) is 3.32. The van der Waals surface area contributed by atoms with Crippen molar-refractivity contribution >= 4 is 39.4 Å². The smallest absolute Gasteiger partial charge is 0.264 e. The van der Waals surface area contributed by atoms with Gasteiger partial charge >= 0.3 is 0 Å². The van der Waals surface area contributed by atoms with Crippen molar-refractivity contribution in [3.8, 4) is 5.69 Å². The maximum atomic E-state index is 13.5. The van der Waals surface area contributed by atoms with E-state index < -0.39 is 28.3 Å². The topological polar surface area (TPSA) is 83.8 Å². The van der Waals surface area contributed by atoms with E-state index in [2.05, 4.69) is 10.5 Å². The lowest BCUT2D eigenvalue weighted by Crippen LogP contribution is -2.39. The summed E-state index contributed by atoms with van der Waals surface area (Å²) >= 11 is 6.00. The van der Waals surface area contributed by atoms with Gasteiger partial charge in [0, 0.05) is 27.7 Å². The molecule has 4 rings (SSSR count). The Hall–Kier alpha value is -3.95. The van der Waals surface area contributed by atoms with E-state index in [1.807, 2.05) is 36.6 Å². The third-order valence-corrected chi connectivity index (χ3v) is 7.72. The Kier molecular flexibility index (Phi) is 7.75. The number of carbonyl (C=O) groups is 1. The van der Waals surface area contributed by atoms with Gasteiger partial charge in [-0.1, -0.05) is 29.8 Å². The van der Waals surface area contributed by atoms with Crippen molar-refractivity contribution in [3.05, 3.63) is 113 Å². The number of aromatic nitrogens is 1. The molecule has 0 radical (unpaired) electrons. The van der Waals surface area contributed by atoms with Crippen LogP contribution >= 0.6 is 11.6 Å². The van der Waals surface area contributed by atoms with Gasteiger partial charge in [0.2, 0.25) is 0 Å².